The quantitative estimate of drug-likeness (QED) is 0.809. The van der Waals surface area contributed by atoms with Crippen molar-refractivity contribution in [1.82, 2.24) is 9.55 Å². The van der Waals surface area contributed by atoms with Gasteiger partial charge in [-0.2, -0.15) is 0 Å². The molecule has 2 N–H and O–H groups in total. The molecule has 2 aromatic rings. The SMILES string of the molecule is Cc1cnc(=O)n(CCc2ccc(N)cc2)c1. The molecule has 2 rings (SSSR count). The Kier molecular flexibility index (Phi) is 3.23. The van der Waals surface area contributed by atoms with Gasteiger partial charge in [-0.15, -0.1) is 0 Å². The minimum atomic E-state index is -0.203. The summed E-state index contributed by atoms with van der Waals surface area (Å²) in [5.74, 6) is 0. The average molecular weight is 229 g/mol. The lowest BCUT2D eigenvalue weighted by atomic mass is 10.1. The monoisotopic (exact) mass is 229 g/mol. The number of nitrogen functional groups attached to an aromatic ring is 1. The van der Waals surface area contributed by atoms with Gasteiger partial charge >= 0.3 is 5.69 Å². The van der Waals surface area contributed by atoms with Gasteiger partial charge in [0.15, 0.2) is 0 Å². The number of nitrogens with two attached hydrogens (primary N) is 1. The first kappa shape index (κ1) is 11.4. The van der Waals surface area contributed by atoms with Crippen molar-refractivity contribution in [3.63, 3.8) is 0 Å². The van der Waals surface area contributed by atoms with Crippen LogP contribution >= 0.6 is 0 Å². The molecule has 0 aliphatic carbocycles. The Labute approximate surface area is 99.7 Å². The zero-order valence-electron chi connectivity index (χ0n) is 9.76. The van der Waals surface area contributed by atoms with Crippen molar-refractivity contribution in [2.75, 3.05) is 5.73 Å². The first-order valence-corrected chi connectivity index (χ1v) is 5.52. The molecule has 0 saturated carbocycles. The van der Waals surface area contributed by atoms with Crippen LogP contribution in [0.25, 0.3) is 0 Å². The summed E-state index contributed by atoms with van der Waals surface area (Å²) >= 11 is 0. The molecule has 0 amide bonds. The van der Waals surface area contributed by atoms with E-state index in [9.17, 15) is 4.79 Å². The van der Waals surface area contributed by atoms with Crippen LogP contribution in [0.2, 0.25) is 0 Å². The Morgan fingerprint density at radius 1 is 1.29 bits per heavy atom. The van der Waals surface area contributed by atoms with Gasteiger partial charge in [0.1, 0.15) is 0 Å². The summed E-state index contributed by atoms with van der Waals surface area (Å²) in [5, 5.41) is 0. The number of nitrogens with zero attached hydrogens (tertiary/aromatic N) is 2. The highest BCUT2D eigenvalue weighted by molar-refractivity contribution is 5.39. The van der Waals surface area contributed by atoms with Crippen LogP contribution in [-0.2, 0) is 13.0 Å². The molecular weight excluding hydrogens is 214 g/mol. The number of anilines is 1. The van der Waals surface area contributed by atoms with Crippen molar-refractivity contribution >= 4 is 5.69 Å². The highest BCUT2D eigenvalue weighted by Gasteiger charge is 1.98. The Bertz CT molecular complexity index is 558. The standard InChI is InChI=1S/C13H15N3O/c1-10-8-15-13(17)16(9-10)7-6-11-2-4-12(14)5-3-11/h2-5,8-9H,6-7,14H2,1H3. The molecule has 0 radical (unpaired) electrons. The third-order valence-corrected chi connectivity index (χ3v) is 2.60. The summed E-state index contributed by atoms with van der Waals surface area (Å²) in [5.41, 5.74) is 8.31. The smallest absolute Gasteiger partial charge is 0.347 e. The van der Waals surface area contributed by atoms with Crippen molar-refractivity contribution in [2.45, 2.75) is 19.9 Å². The number of hydrogen-bond acceptors (Lipinski definition) is 3. The molecule has 1 aromatic heterocycles. The van der Waals surface area contributed by atoms with Crippen molar-refractivity contribution in [3.8, 4) is 0 Å². The fourth-order valence-corrected chi connectivity index (χ4v) is 1.66. The zero-order valence-corrected chi connectivity index (χ0v) is 9.76. The molecule has 1 aromatic carbocycles. The first-order chi connectivity index (χ1) is 8.15. The van der Waals surface area contributed by atoms with Crippen LogP contribution in [0, 0.1) is 6.92 Å². The van der Waals surface area contributed by atoms with E-state index in [1.807, 2.05) is 37.4 Å². The van der Waals surface area contributed by atoms with Crippen molar-refractivity contribution in [2.24, 2.45) is 0 Å². The topological polar surface area (TPSA) is 60.9 Å². The molecular formula is C13H15N3O. The summed E-state index contributed by atoms with van der Waals surface area (Å²) in [6.45, 7) is 2.56. The summed E-state index contributed by atoms with van der Waals surface area (Å²) in [6, 6.07) is 7.69. The van der Waals surface area contributed by atoms with E-state index < -0.39 is 0 Å². The predicted molar refractivity (Wildman–Crippen MR) is 67.8 cm³/mol. The van der Waals surface area contributed by atoms with Gasteiger partial charge in [-0.25, -0.2) is 9.78 Å². The van der Waals surface area contributed by atoms with Gasteiger partial charge in [0.25, 0.3) is 0 Å². The fraction of sp³-hybridized carbons (Fsp3) is 0.231. The molecule has 0 aliphatic rings. The van der Waals surface area contributed by atoms with Crippen LogP contribution in [0.1, 0.15) is 11.1 Å². The molecule has 0 saturated heterocycles. The number of aryl methyl sites for hydroxylation is 3. The Hall–Kier alpha value is -2.10. The number of hydrogen-bond donors (Lipinski definition) is 1. The van der Waals surface area contributed by atoms with Gasteiger partial charge in [0.2, 0.25) is 0 Å². The normalized spacial score (nSPS) is 10.4. The molecule has 17 heavy (non-hydrogen) atoms. The van der Waals surface area contributed by atoms with Crippen LogP contribution in [0.5, 0.6) is 0 Å². The summed E-state index contributed by atoms with van der Waals surface area (Å²) in [4.78, 5) is 15.3. The maximum atomic E-state index is 11.5. The molecule has 0 bridgehead atoms. The molecule has 0 aliphatic heterocycles. The van der Waals surface area contributed by atoms with E-state index >= 15 is 0 Å². The van der Waals surface area contributed by atoms with E-state index in [2.05, 4.69) is 4.98 Å². The summed E-state index contributed by atoms with van der Waals surface area (Å²) < 4.78 is 1.63. The van der Waals surface area contributed by atoms with E-state index in [0.29, 0.717) is 6.54 Å². The maximum absolute atomic E-state index is 11.5. The molecule has 0 spiro atoms. The Morgan fingerprint density at radius 2 is 2.00 bits per heavy atom. The lowest BCUT2D eigenvalue weighted by Crippen LogP contribution is -2.23. The zero-order chi connectivity index (χ0) is 12.3. The maximum Gasteiger partial charge on any atom is 0.347 e. The lowest BCUT2D eigenvalue weighted by molar-refractivity contribution is 0.645. The van der Waals surface area contributed by atoms with Gasteiger partial charge < -0.3 is 5.73 Å². The van der Waals surface area contributed by atoms with Crippen molar-refractivity contribution in [1.29, 1.82) is 0 Å². The Morgan fingerprint density at radius 3 is 2.71 bits per heavy atom. The molecule has 0 unspecified atom stereocenters. The average Bonchev–Trinajstić information content (AvgIpc) is 2.32. The van der Waals surface area contributed by atoms with Gasteiger partial charge in [-0.1, -0.05) is 12.1 Å². The van der Waals surface area contributed by atoms with Gasteiger partial charge in [0, 0.05) is 24.6 Å². The fourth-order valence-electron chi connectivity index (χ4n) is 1.66. The third kappa shape index (κ3) is 2.93. The summed E-state index contributed by atoms with van der Waals surface area (Å²) in [6.07, 6.45) is 4.21. The van der Waals surface area contributed by atoms with Crippen LogP contribution in [-0.4, -0.2) is 9.55 Å². The van der Waals surface area contributed by atoms with Crippen LogP contribution in [0.15, 0.2) is 41.5 Å². The highest BCUT2D eigenvalue weighted by Crippen LogP contribution is 2.06. The van der Waals surface area contributed by atoms with E-state index in [1.54, 1.807) is 10.8 Å². The first-order valence-electron chi connectivity index (χ1n) is 5.52. The van der Waals surface area contributed by atoms with E-state index in [4.69, 9.17) is 5.73 Å². The second-order valence-electron chi connectivity index (χ2n) is 4.10. The van der Waals surface area contributed by atoms with Crippen LogP contribution in [0.4, 0.5) is 5.69 Å². The van der Waals surface area contributed by atoms with E-state index in [-0.39, 0.29) is 5.69 Å². The number of aromatic nitrogens is 2. The van der Waals surface area contributed by atoms with E-state index in [0.717, 1.165) is 23.2 Å². The minimum absolute atomic E-state index is 0.203. The second-order valence-corrected chi connectivity index (χ2v) is 4.10. The lowest BCUT2D eigenvalue weighted by Gasteiger charge is -2.06. The van der Waals surface area contributed by atoms with Gasteiger partial charge in [0.05, 0.1) is 0 Å². The molecule has 0 fully saturated rings. The second kappa shape index (κ2) is 4.82. The number of benzene rings is 1. The summed E-state index contributed by atoms with van der Waals surface area (Å²) in [7, 11) is 0. The van der Waals surface area contributed by atoms with E-state index in [1.165, 1.54) is 0 Å². The molecule has 0 atom stereocenters. The van der Waals surface area contributed by atoms with Crippen molar-refractivity contribution in [3.05, 3.63) is 58.3 Å². The minimum Gasteiger partial charge on any atom is -0.399 e. The van der Waals surface area contributed by atoms with Crippen LogP contribution < -0.4 is 11.4 Å². The molecule has 4 nitrogen and oxygen atoms in total. The van der Waals surface area contributed by atoms with Crippen molar-refractivity contribution < 1.29 is 0 Å². The molecule has 1 heterocycles. The largest absolute Gasteiger partial charge is 0.399 e. The van der Waals surface area contributed by atoms with Gasteiger partial charge in [-0.05, 0) is 36.6 Å². The highest BCUT2D eigenvalue weighted by atomic mass is 16.1. The molecule has 88 valence electrons. The van der Waals surface area contributed by atoms with Gasteiger partial charge in [-0.3, -0.25) is 4.57 Å². The predicted octanol–water partition coefficient (Wildman–Crippen LogP) is 1.38. The molecule has 4 heteroatoms. The third-order valence-electron chi connectivity index (χ3n) is 2.60. The Balaban J connectivity index is 2.09. The number of rotatable bonds is 3. The van der Waals surface area contributed by atoms with Crippen LogP contribution in [0.3, 0.4) is 0 Å².